The number of hydrogen-bond donors (Lipinski definition) is 2. The highest BCUT2D eigenvalue weighted by Gasteiger charge is 2.59. The first-order chi connectivity index (χ1) is 17.1. The minimum Gasteiger partial charge on any atom is -0.374 e. The zero-order valence-electron chi connectivity index (χ0n) is 20.1. The van der Waals surface area contributed by atoms with Crippen molar-refractivity contribution < 1.29 is 22.7 Å². The van der Waals surface area contributed by atoms with E-state index in [2.05, 4.69) is 15.6 Å². The molecule has 194 valence electrons. The van der Waals surface area contributed by atoms with Crippen molar-refractivity contribution in [3.8, 4) is 0 Å². The summed E-state index contributed by atoms with van der Waals surface area (Å²) in [5.74, 6) is 0.440. The molecule has 2 N–H and O–H groups in total. The zero-order chi connectivity index (χ0) is 25.7. The van der Waals surface area contributed by atoms with Crippen molar-refractivity contribution in [2.75, 3.05) is 41.4 Å². The number of aromatic nitrogens is 2. The van der Waals surface area contributed by atoms with E-state index in [4.69, 9.17) is 4.74 Å². The normalized spacial score (nSPS) is 24.8. The van der Waals surface area contributed by atoms with Crippen molar-refractivity contribution in [3.05, 3.63) is 46.2 Å². The Hall–Kier alpha value is -3.28. The number of anilines is 3. The van der Waals surface area contributed by atoms with E-state index >= 15 is 0 Å². The number of benzene rings is 1. The lowest BCUT2D eigenvalue weighted by Crippen LogP contribution is -2.56. The van der Waals surface area contributed by atoms with Crippen molar-refractivity contribution in [3.63, 3.8) is 0 Å². The Kier molecular flexibility index (Phi) is 6.09. The SMILES string of the molecule is CCNC(=O)Nc1ccc(CCN2c3nc(N4C[C@H]5C[C@H]4CO5)cc(=O)n3C[C@@]2(C)C(F)(F)F)cc1. The predicted molar refractivity (Wildman–Crippen MR) is 129 cm³/mol. The molecule has 2 aromatic rings. The molecule has 0 radical (unpaired) electrons. The van der Waals surface area contributed by atoms with E-state index in [0.29, 0.717) is 37.6 Å². The van der Waals surface area contributed by atoms with Crippen molar-refractivity contribution in [1.29, 1.82) is 0 Å². The molecule has 0 unspecified atom stereocenters. The summed E-state index contributed by atoms with van der Waals surface area (Å²) in [5, 5.41) is 5.33. The molecule has 1 aromatic carbocycles. The number of fused-ring (bicyclic) bond motifs is 3. The standard InChI is InChI=1S/C24H29F3N6O3/c1-3-28-21(35)29-16-6-4-15(5-7-16)8-9-33-22-30-19(31-12-18-10-17(31)13-36-18)11-20(34)32(22)14-23(33,2)24(25,26)27/h4-7,11,17-18H,3,8-10,12-14H2,1-2H3,(H2,28,29,35)/t17-,18+,23-/m0/s1. The van der Waals surface area contributed by atoms with E-state index in [-0.39, 0.29) is 30.7 Å². The molecule has 5 rings (SSSR count). The maximum Gasteiger partial charge on any atom is 0.413 e. The fourth-order valence-electron chi connectivity index (χ4n) is 5.20. The lowest BCUT2D eigenvalue weighted by atomic mass is 10.00. The number of hydrogen-bond acceptors (Lipinski definition) is 6. The Morgan fingerprint density at radius 2 is 2.03 bits per heavy atom. The highest BCUT2D eigenvalue weighted by atomic mass is 19.4. The lowest BCUT2D eigenvalue weighted by Gasteiger charge is -2.37. The minimum absolute atomic E-state index is 0.0180. The molecule has 36 heavy (non-hydrogen) atoms. The van der Waals surface area contributed by atoms with Crippen molar-refractivity contribution in [2.24, 2.45) is 0 Å². The van der Waals surface area contributed by atoms with Crippen LogP contribution >= 0.6 is 0 Å². The number of alkyl halides is 3. The fraction of sp³-hybridized carbons (Fsp3) is 0.542. The lowest BCUT2D eigenvalue weighted by molar-refractivity contribution is -0.182. The third kappa shape index (κ3) is 4.27. The van der Waals surface area contributed by atoms with E-state index in [0.717, 1.165) is 23.5 Å². The van der Waals surface area contributed by atoms with Gasteiger partial charge in [0.05, 0.1) is 25.3 Å². The number of nitrogens with one attached hydrogen (secondary N) is 2. The number of morpholine rings is 1. The number of nitrogens with zero attached hydrogens (tertiary/aromatic N) is 4. The van der Waals surface area contributed by atoms with Crippen LogP contribution in [-0.2, 0) is 17.7 Å². The van der Waals surface area contributed by atoms with Gasteiger partial charge in [-0.05, 0) is 44.4 Å². The number of carbonyl (C=O) groups excluding carboxylic acids is 1. The first-order valence-electron chi connectivity index (χ1n) is 12.1. The molecule has 0 saturated carbocycles. The van der Waals surface area contributed by atoms with E-state index in [1.165, 1.54) is 11.0 Å². The smallest absolute Gasteiger partial charge is 0.374 e. The summed E-state index contributed by atoms with van der Waals surface area (Å²) >= 11 is 0. The van der Waals surface area contributed by atoms with Crippen LogP contribution in [0.4, 0.5) is 35.4 Å². The molecule has 3 aliphatic rings. The van der Waals surface area contributed by atoms with Gasteiger partial charge < -0.3 is 25.2 Å². The van der Waals surface area contributed by atoms with Gasteiger partial charge in [0.25, 0.3) is 5.56 Å². The van der Waals surface area contributed by atoms with Crippen molar-refractivity contribution in [1.82, 2.24) is 14.9 Å². The van der Waals surface area contributed by atoms with Crippen molar-refractivity contribution in [2.45, 2.75) is 57.1 Å². The number of carbonyl (C=O) groups is 1. The number of halogens is 3. The van der Waals surface area contributed by atoms with Gasteiger partial charge in [0.2, 0.25) is 5.95 Å². The Morgan fingerprint density at radius 3 is 2.64 bits per heavy atom. The van der Waals surface area contributed by atoms with Crippen LogP contribution in [0.25, 0.3) is 0 Å². The molecule has 2 saturated heterocycles. The molecule has 3 atom stereocenters. The van der Waals surface area contributed by atoms with Gasteiger partial charge in [0, 0.05) is 31.4 Å². The topological polar surface area (TPSA) is 91.7 Å². The summed E-state index contributed by atoms with van der Waals surface area (Å²) in [5.41, 5.74) is -1.38. The molecule has 2 fully saturated rings. The van der Waals surface area contributed by atoms with Gasteiger partial charge >= 0.3 is 12.2 Å². The van der Waals surface area contributed by atoms with Gasteiger partial charge in [0.15, 0.2) is 5.54 Å². The summed E-state index contributed by atoms with van der Waals surface area (Å²) in [7, 11) is 0. The second-order valence-electron chi connectivity index (χ2n) is 9.69. The zero-order valence-corrected chi connectivity index (χ0v) is 20.1. The molecular weight excluding hydrogens is 477 g/mol. The second-order valence-corrected chi connectivity index (χ2v) is 9.69. The molecule has 9 nitrogen and oxygen atoms in total. The summed E-state index contributed by atoms with van der Waals surface area (Å²) in [6, 6.07) is 8.03. The first-order valence-corrected chi connectivity index (χ1v) is 12.1. The summed E-state index contributed by atoms with van der Waals surface area (Å²) in [4.78, 5) is 32.4. The van der Waals surface area contributed by atoms with Gasteiger partial charge in [0.1, 0.15) is 5.82 Å². The largest absolute Gasteiger partial charge is 0.413 e. The fourth-order valence-corrected chi connectivity index (χ4v) is 5.20. The first kappa shape index (κ1) is 24.4. The van der Waals surface area contributed by atoms with Gasteiger partial charge in [-0.15, -0.1) is 0 Å². The monoisotopic (exact) mass is 506 g/mol. The molecule has 0 spiro atoms. The van der Waals surface area contributed by atoms with E-state index in [1.807, 2.05) is 11.8 Å². The highest BCUT2D eigenvalue weighted by molar-refractivity contribution is 5.89. The van der Waals surface area contributed by atoms with Crippen LogP contribution in [0.15, 0.2) is 35.1 Å². The number of amides is 2. The molecular formula is C24H29F3N6O3. The third-order valence-corrected chi connectivity index (χ3v) is 7.26. The third-order valence-electron chi connectivity index (χ3n) is 7.26. The van der Waals surface area contributed by atoms with Crippen LogP contribution in [0.5, 0.6) is 0 Å². The van der Waals surface area contributed by atoms with Crippen LogP contribution in [0.3, 0.4) is 0 Å². The van der Waals surface area contributed by atoms with Crippen LogP contribution in [0, 0.1) is 0 Å². The Bertz CT molecular complexity index is 1200. The maximum atomic E-state index is 14.3. The molecule has 2 bridgehead atoms. The van der Waals surface area contributed by atoms with Gasteiger partial charge in [-0.25, -0.2) is 4.79 Å². The molecule has 3 aliphatic heterocycles. The quantitative estimate of drug-likeness (QED) is 0.626. The molecule has 2 amide bonds. The van der Waals surface area contributed by atoms with Gasteiger partial charge in [-0.3, -0.25) is 9.36 Å². The predicted octanol–water partition coefficient (Wildman–Crippen LogP) is 2.75. The summed E-state index contributed by atoms with van der Waals surface area (Å²) < 4.78 is 49.7. The van der Waals surface area contributed by atoms with E-state index in [1.54, 1.807) is 24.3 Å². The van der Waals surface area contributed by atoms with Gasteiger partial charge in [-0.1, -0.05) is 12.1 Å². The molecule has 0 aliphatic carbocycles. The van der Waals surface area contributed by atoms with Crippen molar-refractivity contribution >= 4 is 23.5 Å². The Morgan fingerprint density at radius 1 is 1.28 bits per heavy atom. The maximum absolute atomic E-state index is 14.3. The Labute approximate surface area is 206 Å². The van der Waals surface area contributed by atoms with Crippen LogP contribution in [-0.4, -0.2) is 65.7 Å². The highest BCUT2D eigenvalue weighted by Crippen LogP contribution is 2.43. The van der Waals surface area contributed by atoms with Crippen LogP contribution in [0.2, 0.25) is 0 Å². The van der Waals surface area contributed by atoms with Crippen LogP contribution < -0.4 is 26.0 Å². The summed E-state index contributed by atoms with van der Waals surface area (Å²) in [6.45, 7) is 4.03. The van der Waals surface area contributed by atoms with Crippen LogP contribution in [0.1, 0.15) is 25.8 Å². The average Bonchev–Trinajstić information content (AvgIpc) is 3.52. The number of urea groups is 1. The van der Waals surface area contributed by atoms with E-state index in [9.17, 15) is 22.8 Å². The average molecular weight is 507 g/mol. The summed E-state index contributed by atoms with van der Waals surface area (Å²) in [6.07, 6.45) is -3.38. The number of ether oxygens (including phenoxy) is 1. The van der Waals surface area contributed by atoms with Gasteiger partial charge in [-0.2, -0.15) is 18.2 Å². The second kappa shape index (κ2) is 8.99. The van der Waals surface area contributed by atoms with E-state index < -0.39 is 23.8 Å². The Balaban J connectivity index is 1.39. The number of rotatable bonds is 6. The molecule has 1 aromatic heterocycles. The molecule has 12 heteroatoms. The molecule has 4 heterocycles. The minimum atomic E-state index is -4.58.